The van der Waals surface area contributed by atoms with Crippen LogP contribution in [0.1, 0.15) is 47.4 Å². The van der Waals surface area contributed by atoms with Crippen molar-refractivity contribution in [3.8, 4) is 0 Å². The Morgan fingerprint density at radius 3 is 2.23 bits per heavy atom. The average Bonchev–Trinajstić information content (AvgIpc) is 2.98. The largest absolute Gasteiger partial charge is 0.475 e. The van der Waals surface area contributed by atoms with E-state index in [9.17, 15) is 9.59 Å². The summed E-state index contributed by atoms with van der Waals surface area (Å²) in [6.07, 6.45) is 0. The predicted molar refractivity (Wildman–Crippen MR) is 82.1 cm³/mol. The maximum atomic E-state index is 12.2. The van der Waals surface area contributed by atoms with Gasteiger partial charge in [0.15, 0.2) is 5.76 Å². The van der Waals surface area contributed by atoms with Crippen molar-refractivity contribution in [3.05, 3.63) is 59.5 Å². The van der Waals surface area contributed by atoms with E-state index < -0.39 is 11.9 Å². The van der Waals surface area contributed by atoms with Gasteiger partial charge in [0, 0.05) is 11.5 Å². The Balaban J connectivity index is 2.12. The quantitative estimate of drug-likeness (QED) is 0.889. The van der Waals surface area contributed by atoms with Crippen LogP contribution in [0.4, 0.5) is 0 Å². The summed E-state index contributed by atoms with van der Waals surface area (Å²) in [5.41, 5.74) is 0.826. The Morgan fingerprint density at radius 1 is 1.09 bits per heavy atom. The number of rotatable bonds is 5. The molecule has 0 saturated carbocycles. The van der Waals surface area contributed by atoms with Crippen LogP contribution in [0, 0.1) is 0 Å². The third-order valence-electron chi connectivity index (χ3n) is 3.99. The normalized spacial score (nSPS) is 12.7. The SMILES string of the molecule is CC(NC(=O)c1ccc(C(=O)O)o1)C(C)(C)c1ccccc1. The molecule has 1 amide bonds. The average molecular weight is 301 g/mol. The van der Waals surface area contributed by atoms with Crippen LogP contribution in [-0.4, -0.2) is 23.0 Å². The molecule has 0 spiro atoms. The molecule has 0 aliphatic carbocycles. The van der Waals surface area contributed by atoms with Crippen LogP contribution < -0.4 is 5.32 Å². The van der Waals surface area contributed by atoms with E-state index >= 15 is 0 Å². The molecule has 2 N–H and O–H groups in total. The van der Waals surface area contributed by atoms with Crippen LogP contribution in [0.3, 0.4) is 0 Å². The zero-order valence-corrected chi connectivity index (χ0v) is 12.8. The fourth-order valence-corrected chi connectivity index (χ4v) is 2.14. The van der Waals surface area contributed by atoms with Gasteiger partial charge in [-0.15, -0.1) is 0 Å². The molecule has 116 valence electrons. The standard InChI is InChI=1S/C17H19NO4/c1-11(17(2,3)12-7-5-4-6-8-12)18-15(19)13-9-10-14(22-13)16(20)21/h4-11H,1-3H3,(H,18,19)(H,20,21). The summed E-state index contributed by atoms with van der Waals surface area (Å²) < 4.78 is 5.01. The van der Waals surface area contributed by atoms with E-state index in [0.717, 1.165) is 5.56 Å². The number of furan rings is 1. The van der Waals surface area contributed by atoms with Gasteiger partial charge in [-0.2, -0.15) is 0 Å². The van der Waals surface area contributed by atoms with E-state index in [1.807, 2.05) is 51.1 Å². The minimum atomic E-state index is -1.20. The minimum absolute atomic E-state index is 0.00638. The molecule has 22 heavy (non-hydrogen) atoms. The van der Waals surface area contributed by atoms with Crippen molar-refractivity contribution in [1.82, 2.24) is 5.32 Å². The highest BCUT2D eigenvalue weighted by atomic mass is 16.4. The first kappa shape index (κ1) is 15.8. The molecule has 0 aliphatic rings. The number of carboxylic acid groups (broad SMARTS) is 1. The summed E-state index contributed by atoms with van der Waals surface area (Å²) in [6.45, 7) is 5.99. The maximum Gasteiger partial charge on any atom is 0.371 e. The summed E-state index contributed by atoms with van der Waals surface area (Å²) in [5.74, 6) is -1.88. The lowest BCUT2D eigenvalue weighted by Gasteiger charge is -2.32. The van der Waals surface area contributed by atoms with E-state index in [1.165, 1.54) is 12.1 Å². The lowest BCUT2D eigenvalue weighted by molar-refractivity contribution is 0.0659. The van der Waals surface area contributed by atoms with Gasteiger partial charge in [-0.3, -0.25) is 4.79 Å². The molecule has 2 aromatic rings. The van der Waals surface area contributed by atoms with E-state index in [1.54, 1.807) is 0 Å². The molecule has 2 rings (SSSR count). The Morgan fingerprint density at radius 2 is 1.68 bits per heavy atom. The number of carbonyl (C=O) groups is 2. The monoisotopic (exact) mass is 301 g/mol. The van der Waals surface area contributed by atoms with Crippen LogP contribution in [0.25, 0.3) is 0 Å². The first-order chi connectivity index (χ1) is 10.3. The zero-order valence-electron chi connectivity index (χ0n) is 12.8. The number of amides is 1. The van der Waals surface area contributed by atoms with E-state index in [4.69, 9.17) is 9.52 Å². The molecule has 5 heteroatoms. The van der Waals surface area contributed by atoms with Gasteiger partial charge in [0.25, 0.3) is 5.91 Å². The molecule has 0 bridgehead atoms. The van der Waals surface area contributed by atoms with Crippen molar-refractivity contribution < 1.29 is 19.1 Å². The van der Waals surface area contributed by atoms with Crippen LogP contribution in [0.15, 0.2) is 46.9 Å². The summed E-state index contributed by atoms with van der Waals surface area (Å²) in [4.78, 5) is 22.9. The van der Waals surface area contributed by atoms with Gasteiger partial charge in [0.05, 0.1) is 0 Å². The number of nitrogens with one attached hydrogen (secondary N) is 1. The molecule has 1 aromatic carbocycles. The number of hydrogen-bond acceptors (Lipinski definition) is 3. The molecule has 1 unspecified atom stereocenters. The Kier molecular flexibility index (Phi) is 4.35. The second-order valence-corrected chi connectivity index (χ2v) is 5.75. The molecule has 0 radical (unpaired) electrons. The minimum Gasteiger partial charge on any atom is -0.475 e. The highest BCUT2D eigenvalue weighted by molar-refractivity contribution is 5.93. The van der Waals surface area contributed by atoms with Gasteiger partial charge in [-0.25, -0.2) is 4.79 Å². The fourth-order valence-electron chi connectivity index (χ4n) is 2.14. The highest BCUT2D eigenvalue weighted by Gasteiger charge is 2.30. The molecule has 0 fully saturated rings. The first-order valence-corrected chi connectivity index (χ1v) is 7.02. The molecule has 1 aromatic heterocycles. The second-order valence-electron chi connectivity index (χ2n) is 5.75. The van der Waals surface area contributed by atoms with Crippen LogP contribution in [0.2, 0.25) is 0 Å². The van der Waals surface area contributed by atoms with Crippen molar-refractivity contribution in [2.75, 3.05) is 0 Å². The van der Waals surface area contributed by atoms with Crippen LogP contribution >= 0.6 is 0 Å². The van der Waals surface area contributed by atoms with Gasteiger partial charge in [0.1, 0.15) is 0 Å². The Bertz CT molecular complexity index is 673. The molecule has 5 nitrogen and oxygen atoms in total. The van der Waals surface area contributed by atoms with Crippen molar-refractivity contribution >= 4 is 11.9 Å². The summed E-state index contributed by atoms with van der Waals surface area (Å²) >= 11 is 0. The number of carbonyl (C=O) groups excluding carboxylic acids is 1. The molecule has 1 atom stereocenters. The van der Waals surface area contributed by atoms with Gasteiger partial charge < -0.3 is 14.8 Å². The Labute approximate surface area is 129 Å². The summed E-state index contributed by atoms with van der Waals surface area (Å²) in [5, 5.41) is 11.7. The Hall–Kier alpha value is -2.56. The molecule has 0 saturated heterocycles. The topological polar surface area (TPSA) is 79.5 Å². The van der Waals surface area contributed by atoms with Crippen LogP contribution in [-0.2, 0) is 5.41 Å². The van der Waals surface area contributed by atoms with Crippen molar-refractivity contribution in [3.63, 3.8) is 0 Å². The number of carboxylic acids is 1. The van der Waals surface area contributed by atoms with E-state index in [2.05, 4.69) is 5.32 Å². The summed E-state index contributed by atoms with van der Waals surface area (Å²) in [6, 6.07) is 12.3. The maximum absolute atomic E-state index is 12.2. The molecular weight excluding hydrogens is 282 g/mol. The van der Waals surface area contributed by atoms with Gasteiger partial charge >= 0.3 is 5.97 Å². The number of benzene rings is 1. The van der Waals surface area contributed by atoms with Crippen molar-refractivity contribution in [2.45, 2.75) is 32.2 Å². The fraction of sp³-hybridized carbons (Fsp3) is 0.294. The third-order valence-corrected chi connectivity index (χ3v) is 3.99. The van der Waals surface area contributed by atoms with Crippen molar-refractivity contribution in [1.29, 1.82) is 0 Å². The second kappa shape index (κ2) is 6.05. The number of aromatic carboxylic acids is 1. The highest BCUT2D eigenvalue weighted by Crippen LogP contribution is 2.27. The smallest absolute Gasteiger partial charge is 0.371 e. The number of hydrogen-bond donors (Lipinski definition) is 2. The lowest BCUT2D eigenvalue weighted by atomic mass is 9.78. The van der Waals surface area contributed by atoms with E-state index in [0.29, 0.717) is 0 Å². The van der Waals surface area contributed by atoms with Crippen molar-refractivity contribution in [2.24, 2.45) is 0 Å². The molecular formula is C17H19NO4. The molecule has 0 aliphatic heterocycles. The third kappa shape index (κ3) is 3.19. The van der Waals surface area contributed by atoms with Gasteiger partial charge in [-0.1, -0.05) is 44.2 Å². The molecule has 1 heterocycles. The van der Waals surface area contributed by atoms with Gasteiger partial charge in [0.2, 0.25) is 5.76 Å². The van der Waals surface area contributed by atoms with E-state index in [-0.39, 0.29) is 23.0 Å². The first-order valence-electron chi connectivity index (χ1n) is 7.02. The zero-order chi connectivity index (χ0) is 16.3. The lowest BCUT2D eigenvalue weighted by Crippen LogP contribution is -2.45. The summed E-state index contributed by atoms with van der Waals surface area (Å²) in [7, 11) is 0. The van der Waals surface area contributed by atoms with Crippen LogP contribution in [0.5, 0.6) is 0 Å². The van der Waals surface area contributed by atoms with Gasteiger partial charge in [-0.05, 0) is 24.6 Å². The predicted octanol–water partition coefficient (Wildman–Crippen LogP) is 3.07.